The second kappa shape index (κ2) is 7.60. The Morgan fingerprint density at radius 3 is 2.74 bits per heavy atom. The SMILES string of the molecule is O=C(NCc1cc(F)ccc1F)c1n[nH]n(/N=C/c2ccc(O)cc2)c1=O. The van der Waals surface area contributed by atoms with Crippen LogP contribution >= 0.6 is 0 Å². The zero-order chi connectivity index (χ0) is 19.4. The molecule has 0 atom stereocenters. The van der Waals surface area contributed by atoms with E-state index in [4.69, 9.17) is 0 Å². The summed E-state index contributed by atoms with van der Waals surface area (Å²) in [6.45, 7) is -0.314. The molecule has 0 bridgehead atoms. The zero-order valence-electron chi connectivity index (χ0n) is 13.7. The van der Waals surface area contributed by atoms with Gasteiger partial charge in [0.05, 0.1) is 6.21 Å². The van der Waals surface area contributed by atoms with Crippen LogP contribution in [0.5, 0.6) is 5.75 Å². The van der Waals surface area contributed by atoms with Gasteiger partial charge in [-0.1, -0.05) is 0 Å². The highest BCUT2D eigenvalue weighted by Gasteiger charge is 2.17. The first-order valence-corrected chi connectivity index (χ1v) is 7.67. The summed E-state index contributed by atoms with van der Waals surface area (Å²) < 4.78 is 26.7. The number of nitrogens with one attached hydrogen (secondary N) is 2. The van der Waals surface area contributed by atoms with Gasteiger partial charge in [0.15, 0.2) is 0 Å². The fraction of sp³-hybridized carbons (Fsp3) is 0.0588. The minimum absolute atomic E-state index is 0.0652. The van der Waals surface area contributed by atoms with E-state index in [1.165, 1.54) is 18.3 Å². The molecule has 138 valence electrons. The minimum atomic E-state index is -0.863. The van der Waals surface area contributed by atoms with Crippen LogP contribution in [-0.4, -0.2) is 32.3 Å². The maximum absolute atomic E-state index is 13.6. The standard InChI is InChI=1S/C17H13F2N5O3/c18-12-3-6-14(19)11(7-12)9-20-16(26)15-17(27)24(23-22-15)21-8-10-1-4-13(25)5-2-10/h1-8,23,25H,9H2,(H,20,26)/b21-8+. The molecule has 0 saturated heterocycles. The number of phenols is 1. The first kappa shape index (κ1) is 18.0. The second-order valence-electron chi connectivity index (χ2n) is 5.43. The molecule has 0 aliphatic rings. The molecule has 0 spiro atoms. The molecule has 3 rings (SSSR count). The van der Waals surface area contributed by atoms with Gasteiger partial charge < -0.3 is 10.4 Å². The molecule has 3 aromatic rings. The number of hydrogen-bond acceptors (Lipinski definition) is 5. The molecule has 1 amide bonds. The number of nitrogens with zero attached hydrogens (tertiary/aromatic N) is 3. The zero-order valence-corrected chi connectivity index (χ0v) is 13.7. The maximum atomic E-state index is 13.6. The predicted molar refractivity (Wildman–Crippen MR) is 91.5 cm³/mol. The quantitative estimate of drug-likeness (QED) is 0.586. The van der Waals surface area contributed by atoms with Crippen molar-refractivity contribution in [1.29, 1.82) is 0 Å². The van der Waals surface area contributed by atoms with Gasteiger partial charge in [-0.3, -0.25) is 9.59 Å². The van der Waals surface area contributed by atoms with Crippen molar-refractivity contribution in [3.8, 4) is 5.75 Å². The molecule has 0 aliphatic heterocycles. The van der Waals surface area contributed by atoms with Gasteiger partial charge in [0, 0.05) is 12.1 Å². The lowest BCUT2D eigenvalue weighted by Crippen LogP contribution is -2.29. The van der Waals surface area contributed by atoms with Crippen molar-refractivity contribution in [2.45, 2.75) is 6.54 Å². The number of amides is 1. The predicted octanol–water partition coefficient (Wildman–Crippen LogP) is 1.37. The number of aromatic amines is 1. The molecule has 0 fully saturated rings. The van der Waals surface area contributed by atoms with E-state index in [-0.39, 0.29) is 17.9 Å². The Morgan fingerprint density at radius 1 is 1.26 bits per heavy atom. The van der Waals surface area contributed by atoms with E-state index in [1.54, 1.807) is 12.1 Å². The van der Waals surface area contributed by atoms with Gasteiger partial charge in [-0.25, -0.2) is 8.78 Å². The summed E-state index contributed by atoms with van der Waals surface area (Å²) in [4.78, 5) is 24.9. The molecular weight excluding hydrogens is 360 g/mol. The Morgan fingerprint density at radius 2 is 2.00 bits per heavy atom. The maximum Gasteiger partial charge on any atom is 0.320 e. The number of carbonyl (C=O) groups excluding carboxylic acids is 1. The van der Waals surface area contributed by atoms with E-state index in [0.29, 0.717) is 5.56 Å². The first-order chi connectivity index (χ1) is 12.9. The molecule has 1 aromatic heterocycles. The fourth-order valence-corrected chi connectivity index (χ4v) is 2.14. The minimum Gasteiger partial charge on any atom is -0.508 e. The average Bonchev–Trinajstić information content (AvgIpc) is 3.02. The average molecular weight is 373 g/mol. The number of carbonyl (C=O) groups is 1. The van der Waals surface area contributed by atoms with E-state index in [9.17, 15) is 23.5 Å². The number of aromatic nitrogens is 3. The van der Waals surface area contributed by atoms with Gasteiger partial charge in [-0.05, 0) is 48.0 Å². The summed E-state index contributed by atoms with van der Waals surface area (Å²) in [6, 6.07) is 8.88. The molecule has 1 heterocycles. The molecule has 27 heavy (non-hydrogen) atoms. The number of phenolic OH excluding ortho intramolecular Hbond substituents is 1. The summed E-state index contributed by atoms with van der Waals surface area (Å²) in [5, 5.41) is 21.2. The Bertz CT molecular complexity index is 1060. The molecule has 0 radical (unpaired) electrons. The summed E-state index contributed by atoms with van der Waals surface area (Å²) >= 11 is 0. The van der Waals surface area contributed by atoms with Crippen LogP contribution in [0.2, 0.25) is 0 Å². The van der Waals surface area contributed by atoms with E-state index in [2.05, 4.69) is 20.7 Å². The van der Waals surface area contributed by atoms with Crippen LogP contribution < -0.4 is 10.9 Å². The second-order valence-corrected chi connectivity index (χ2v) is 5.43. The van der Waals surface area contributed by atoms with Crippen molar-refractivity contribution >= 4 is 12.1 Å². The number of rotatable bonds is 5. The molecule has 3 N–H and O–H groups in total. The lowest BCUT2D eigenvalue weighted by atomic mass is 10.2. The van der Waals surface area contributed by atoms with Crippen LogP contribution in [0.3, 0.4) is 0 Å². The third-order valence-electron chi connectivity index (χ3n) is 3.53. The highest BCUT2D eigenvalue weighted by molar-refractivity contribution is 5.91. The summed E-state index contributed by atoms with van der Waals surface area (Å²) in [5.74, 6) is -2.11. The Kier molecular flexibility index (Phi) is 5.06. The summed E-state index contributed by atoms with van der Waals surface area (Å²) in [6.07, 6.45) is 1.32. The largest absolute Gasteiger partial charge is 0.508 e. The van der Waals surface area contributed by atoms with Crippen LogP contribution in [0.25, 0.3) is 0 Å². The van der Waals surface area contributed by atoms with Gasteiger partial charge in [-0.2, -0.15) is 10.3 Å². The highest BCUT2D eigenvalue weighted by atomic mass is 19.1. The van der Waals surface area contributed by atoms with Crippen LogP contribution in [-0.2, 0) is 6.54 Å². The van der Waals surface area contributed by atoms with Crippen molar-refractivity contribution in [2.24, 2.45) is 5.10 Å². The monoisotopic (exact) mass is 373 g/mol. The van der Waals surface area contributed by atoms with Crippen molar-refractivity contribution in [3.05, 3.63) is 81.3 Å². The van der Waals surface area contributed by atoms with Crippen LogP contribution in [0.4, 0.5) is 8.78 Å². The van der Waals surface area contributed by atoms with E-state index in [1.807, 2.05) is 0 Å². The lowest BCUT2D eigenvalue weighted by Gasteiger charge is -2.04. The molecule has 0 saturated carbocycles. The van der Waals surface area contributed by atoms with Crippen molar-refractivity contribution in [2.75, 3.05) is 0 Å². The molecule has 2 aromatic carbocycles. The van der Waals surface area contributed by atoms with Crippen LogP contribution in [0, 0.1) is 11.6 Å². The van der Waals surface area contributed by atoms with Crippen LogP contribution in [0.15, 0.2) is 52.4 Å². The molecule has 0 unspecified atom stereocenters. The van der Waals surface area contributed by atoms with Gasteiger partial charge in [0.1, 0.15) is 17.4 Å². The lowest BCUT2D eigenvalue weighted by molar-refractivity contribution is 0.0944. The smallest absolute Gasteiger partial charge is 0.320 e. The Labute approximate surface area is 150 Å². The Hall–Kier alpha value is -3.82. The number of aromatic hydroxyl groups is 1. The third-order valence-corrected chi connectivity index (χ3v) is 3.53. The number of hydrogen-bond donors (Lipinski definition) is 3. The van der Waals surface area contributed by atoms with E-state index < -0.39 is 28.8 Å². The third kappa shape index (κ3) is 4.24. The van der Waals surface area contributed by atoms with Gasteiger partial charge in [0.25, 0.3) is 5.91 Å². The summed E-state index contributed by atoms with van der Waals surface area (Å²) in [5.41, 5.74) is -0.761. The van der Waals surface area contributed by atoms with Gasteiger partial charge >= 0.3 is 5.56 Å². The molecule has 0 aliphatic carbocycles. The molecule has 10 heteroatoms. The molecule has 8 nitrogen and oxygen atoms in total. The van der Waals surface area contributed by atoms with Gasteiger partial charge in [-0.15, -0.1) is 9.89 Å². The first-order valence-electron chi connectivity index (χ1n) is 7.67. The van der Waals surface area contributed by atoms with Crippen LogP contribution in [0.1, 0.15) is 21.6 Å². The number of benzene rings is 2. The van der Waals surface area contributed by atoms with Crippen molar-refractivity contribution in [3.63, 3.8) is 0 Å². The normalized spacial score (nSPS) is 11.0. The summed E-state index contributed by atoms with van der Waals surface area (Å²) in [7, 11) is 0. The topological polar surface area (TPSA) is 112 Å². The van der Waals surface area contributed by atoms with Crippen molar-refractivity contribution < 1.29 is 18.7 Å². The van der Waals surface area contributed by atoms with Gasteiger partial charge in [0.2, 0.25) is 5.69 Å². The van der Waals surface area contributed by atoms with E-state index >= 15 is 0 Å². The molecular formula is C17H13F2N5O3. The number of halogens is 2. The fourth-order valence-electron chi connectivity index (χ4n) is 2.14. The highest BCUT2D eigenvalue weighted by Crippen LogP contribution is 2.09. The Balaban J connectivity index is 1.70. The van der Waals surface area contributed by atoms with Crippen molar-refractivity contribution in [1.82, 2.24) is 20.4 Å². The van der Waals surface area contributed by atoms with E-state index in [0.717, 1.165) is 23.0 Å². The number of H-pyrrole nitrogens is 1.